The fourth-order valence-corrected chi connectivity index (χ4v) is 8.81. The van der Waals surface area contributed by atoms with Gasteiger partial charge in [-0.25, -0.2) is 13.8 Å². The van der Waals surface area contributed by atoms with Crippen molar-refractivity contribution in [3.05, 3.63) is 68.3 Å². The highest BCUT2D eigenvalue weighted by Gasteiger charge is 2.36. The number of carbonyl (C=O) groups is 1. The molecule has 4 saturated heterocycles. The van der Waals surface area contributed by atoms with Gasteiger partial charge >= 0.3 is 0 Å². The number of nitro groups is 1. The van der Waals surface area contributed by atoms with Gasteiger partial charge in [0.1, 0.15) is 22.8 Å². The smallest absolute Gasteiger partial charge is 0.272 e. The number of aromatic amines is 1. The molecule has 15 heteroatoms. The summed E-state index contributed by atoms with van der Waals surface area (Å²) in [4.78, 5) is 49.7. The van der Waals surface area contributed by atoms with Crippen LogP contribution in [0.4, 0.5) is 20.2 Å². The topological polar surface area (TPSA) is 134 Å². The molecular weight excluding hydrogens is 707 g/mol. The second-order valence-electron chi connectivity index (χ2n) is 14.2. The van der Waals surface area contributed by atoms with Crippen LogP contribution >= 0.6 is 11.8 Å². The van der Waals surface area contributed by atoms with Crippen LogP contribution < -0.4 is 15.2 Å². The van der Waals surface area contributed by atoms with E-state index in [1.165, 1.54) is 18.2 Å². The molecule has 3 aromatic rings. The fraction of sp³-hybridized carbons (Fsp3) is 0.605. The van der Waals surface area contributed by atoms with Crippen molar-refractivity contribution in [1.29, 1.82) is 0 Å². The number of hydrogen-bond acceptors (Lipinski definition) is 10. The Morgan fingerprint density at radius 2 is 1.72 bits per heavy atom. The molecule has 4 aliphatic heterocycles. The lowest BCUT2D eigenvalue weighted by Gasteiger charge is -2.47. The van der Waals surface area contributed by atoms with E-state index in [4.69, 9.17) is 9.47 Å². The average Bonchev–Trinajstić information content (AvgIpc) is 3.15. The number of piperidine rings is 2. The van der Waals surface area contributed by atoms with Crippen molar-refractivity contribution in [1.82, 2.24) is 19.8 Å². The van der Waals surface area contributed by atoms with Crippen molar-refractivity contribution >= 4 is 39.9 Å². The second-order valence-corrected chi connectivity index (χ2v) is 15.5. The minimum atomic E-state index is -0.655. The van der Waals surface area contributed by atoms with Crippen LogP contribution in [0.1, 0.15) is 64.6 Å². The standard InChI is InChI=1S/C36H44F2N6O6S.C2H6/c37-29-16-26(44(47)48)1-2-32(29)41-11-5-25(6-12-41)43-19-24(20-43)15-34(45)42-9-3-23(4-10-42)21-50-27-17-30(38)35-31(18-27)39-33(40-36(35)46)22-51-28-7-13-49-14-8-28;1-2/h1-2,16-18,23-25,28H,3-15,19-22H2,(H,39,40,46);1-2H3. The first-order valence-electron chi connectivity index (χ1n) is 19.0. The quantitative estimate of drug-likeness (QED) is 0.179. The lowest BCUT2D eigenvalue weighted by atomic mass is 9.90. The van der Waals surface area contributed by atoms with Crippen LogP contribution in [0.5, 0.6) is 5.75 Å². The summed E-state index contributed by atoms with van der Waals surface area (Å²) in [5, 5.41) is 11.3. The van der Waals surface area contributed by atoms with Crippen LogP contribution in [-0.2, 0) is 15.3 Å². The first-order chi connectivity index (χ1) is 25.7. The summed E-state index contributed by atoms with van der Waals surface area (Å²) in [7, 11) is 0. The van der Waals surface area contributed by atoms with Crippen molar-refractivity contribution in [2.75, 3.05) is 64.0 Å². The number of H-pyrrole nitrogens is 1. The summed E-state index contributed by atoms with van der Waals surface area (Å²) in [5.74, 6) is 0.923. The molecule has 0 radical (unpaired) electrons. The first-order valence-corrected chi connectivity index (χ1v) is 20.0. The van der Waals surface area contributed by atoms with Gasteiger partial charge < -0.3 is 24.3 Å². The molecule has 4 fully saturated rings. The number of hydrogen-bond donors (Lipinski definition) is 1. The summed E-state index contributed by atoms with van der Waals surface area (Å²) in [6.07, 6.45) is 5.82. The predicted molar refractivity (Wildman–Crippen MR) is 202 cm³/mol. The van der Waals surface area contributed by atoms with Crippen molar-refractivity contribution < 1.29 is 28.0 Å². The maximum atomic E-state index is 15.0. The van der Waals surface area contributed by atoms with Gasteiger partial charge in [-0.15, -0.1) is 0 Å². The molecule has 288 valence electrons. The van der Waals surface area contributed by atoms with E-state index in [0.717, 1.165) is 70.9 Å². The van der Waals surface area contributed by atoms with E-state index < -0.39 is 22.1 Å². The van der Waals surface area contributed by atoms with Crippen LogP contribution in [0.15, 0.2) is 35.1 Å². The third kappa shape index (κ3) is 9.65. The van der Waals surface area contributed by atoms with Gasteiger partial charge in [0.25, 0.3) is 11.2 Å². The Hall–Kier alpha value is -3.82. The molecular formula is C38H50F2N6O6S. The number of nitrogens with one attached hydrogen (secondary N) is 1. The molecule has 0 atom stereocenters. The number of aromatic nitrogens is 2. The molecule has 12 nitrogen and oxygen atoms in total. The third-order valence-corrected chi connectivity index (χ3v) is 12.2. The molecule has 4 aliphatic rings. The lowest BCUT2D eigenvalue weighted by Crippen LogP contribution is -2.56. The maximum Gasteiger partial charge on any atom is 0.272 e. The van der Waals surface area contributed by atoms with E-state index in [0.29, 0.717) is 79.4 Å². The highest BCUT2D eigenvalue weighted by molar-refractivity contribution is 7.99. The minimum absolute atomic E-state index is 0.0645. The number of amides is 1. The van der Waals surface area contributed by atoms with Gasteiger partial charge in [-0.3, -0.25) is 24.6 Å². The van der Waals surface area contributed by atoms with Crippen molar-refractivity contribution in [3.8, 4) is 5.75 Å². The second kappa shape index (κ2) is 18.0. The Kier molecular flexibility index (Phi) is 13.2. The Bertz CT molecular complexity index is 1790. The lowest BCUT2D eigenvalue weighted by molar-refractivity contribution is -0.385. The number of anilines is 1. The Labute approximate surface area is 312 Å². The van der Waals surface area contributed by atoms with Crippen LogP contribution in [0, 0.1) is 33.6 Å². The van der Waals surface area contributed by atoms with Crippen LogP contribution in [0.3, 0.4) is 0 Å². The number of nitrogens with zero attached hydrogens (tertiary/aromatic N) is 5. The van der Waals surface area contributed by atoms with Crippen molar-refractivity contribution in [2.45, 2.75) is 75.8 Å². The first kappa shape index (κ1) is 38.9. The zero-order chi connectivity index (χ0) is 37.5. The SMILES string of the molecule is CC.O=C(CC1CN(C2CCN(c3ccc([N+](=O)[O-])cc3F)CC2)C1)N1CCC(COc2cc(F)c3c(=O)[nH]c(CSC4CCOCC4)nc3c2)CC1. The monoisotopic (exact) mass is 756 g/mol. The molecule has 1 aromatic heterocycles. The summed E-state index contributed by atoms with van der Waals surface area (Å²) in [6, 6.07) is 7.10. The van der Waals surface area contributed by atoms with E-state index in [1.807, 2.05) is 23.6 Å². The zero-order valence-corrected chi connectivity index (χ0v) is 31.4. The van der Waals surface area contributed by atoms with E-state index in [9.17, 15) is 28.5 Å². The summed E-state index contributed by atoms with van der Waals surface area (Å²) in [6.45, 7) is 10.3. The molecule has 7 rings (SSSR count). The number of thioether (sulfide) groups is 1. The molecule has 0 aliphatic carbocycles. The van der Waals surface area contributed by atoms with Crippen LogP contribution in [0.2, 0.25) is 0 Å². The molecule has 0 saturated carbocycles. The molecule has 53 heavy (non-hydrogen) atoms. The van der Waals surface area contributed by atoms with Crippen molar-refractivity contribution in [2.24, 2.45) is 11.8 Å². The molecule has 0 spiro atoms. The minimum Gasteiger partial charge on any atom is -0.493 e. The van der Waals surface area contributed by atoms with Crippen molar-refractivity contribution in [3.63, 3.8) is 0 Å². The highest BCUT2D eigenvalue weighted by Crippen LogP contribution is 2.32. The predicted octanol–water partition coefficient (Wildman–Crippen LogP) is 6.16. The largest absolute Gasteiger partial charge is 0.493 e. The summed E-state index contributed by atoms with van der Waals surface area (Å²) < 4.78 is 40.9. The molecule has 1 amide bonds. The number of ether oxygens (including phenoxy) is 2. The number of benzene rings is 2. The molecule has 2 aromatic carbocycles. The summed E-state index contributed by atoms with van der Waals surface area (Å²) >= 11 is 1.73. The van der Waals surface area contributed by atoms with Gasteiger partial charge in [0.15, 0.2) is 5.82 Å². The van der Waals surface area contributed by atoms with Gasteiger partial charge in [0, 0.05) is 88.4 Å². The number of carbonyl (C=O) groups excluding carboxylic acids is 1. The average molecular weight is 757 g/mol. The Morgan fingerprint density at radius 3 is 2.40 bits per heavy atom. The van der Waals surface area contributed by atoms with Gasteiger partial charge in [-0.05, 0) is 56.4 Å². The molecule has 5 heterocycles. The molecule has 0 bridgehead atoms. The molecule has 0 unspecified atom stereocenters. The fourth-order valence-electron chi connectivity index (χ4n) is 7.75. The van der Waals surface area contributed by atoms with Gasteiger partial charge in [0.05, 0.1) is 34.6 Å². The van der Waals surface area contributed by atoms with Gasteiger partial charge in [0.2, 0.25) is 5.91 Å². The number of fused-ring (bicyclic) bond motifs is 1. The normalized spacial score (nSPS) is 19.5. The molecule has 1 N–H and O–H groups in total. The highest BCUT2D eigenvalue weighted by atomic mass is 32.2. The van der Waals surface area contributed by atoms with Gasteiger partial charge in [-0.2, -0.15) is 11.8 Å². The maximum absolute atomic E-state index is 15.0. The Morgan fingerprint density at radius 1 is 1.00 bits per heavy atom. The number of halogens is 2. The van der Waals surface area contributed by atoms with Gasteiger partial charge in [-0.1, -0.05) is 13.8 Å². The number of nitro benzene ring substituents is 1. The Balaban J connectivity index is 0.00000236. The number of rotatable bonds is 11. The number of non-ortho nitro benzene ring substituents is 1. The van der Waals surface area contributed by atoms with E-state index >= 15 is 0 Å². The zero-order valence-electron chi connectivity index (χ0n) is 30.6. The van der Waals surface area contributed by atoms with Crippen LogP contribution in [-0.4, -0.2) is 101 Å². The third-order valence-electron chi connectivity index (χ3n) is 10.8. The van der Waals surface area contributed by atoms with Crippen LogP contribution in [0.25, 0.3) is 10.9 Å². The summed E-state index contributed by atoms with van der Waals surface area (Å²) in [5.41, 5.74) is -0.0412. The van der Waals surface area contributed by atoms with E-state index in [2.05, 4.69) is 14.9 Å². The van der Waals surface area contributed by atoms with E-state index in [1.54, 1.807) is 17.8 Å². The number of likely N-dealkylation sites (tertiary alicyclic amines) is 2. The van der Waals surface area contributed by atoms with E-state index in [-0.39, 0.29) is 28.4 Å².